The summed E-state index contributed by atoms with van der Waals surface area (Å²) in [5.41, 5.74) is 0.464. The summed E-state index contributed by atoms with van der Waals surface area (Å²) in [4.78, 5) is 23.1. The van der Waals surface area contributed by atoms with Gasteiger partial charge in [-0.15, -0.1) is 0 Å². The third-order valence-electron chi connectivity index (χ3n) is 2.81. The number of carbonyl (C=O) groups is 2. The molecular formula is C13H20N2O3. The lowest BCUT2D eigenvalue weighted by Gasteiger charge is -2.17. The minimum Gasteiger partial charge on any atom is -0.472 e. The molecule has 2 N–H and O–H groups in total. The van der Waals surface area contributed by atoms with Crippen LogP contribution >= 0.6 is 0 Å². The first-order chi connectivity index (χ1) is 8.50. The lowest BCUT2D eigenvalue weighted by molar-refractivity contribution is -0.121. The molecule has 0 aliphatic heterocycles. The summed E-state index contributed by atoms with van der Waals surface area (Å²) in [7, 11) is 0. The average Bonchev–Trinajstić information content (AvgIpc) is 2.81. The minimum absolute atomic E-state index is 0.0521. The topological polar surface area (TPSA) is 71.3 Å². The molecule has 0 bridgehead atoms. The highest BCUT2D eigenvalue weighted by molar-refractivity contribution is 5.94. The van der Waals surface area contributed by atoms with Gasteiger partial charge in [0.2, 0.25) is 5.91 Å². The Bertz CT molecular complexity index is 385. The first-order valence-electron chi connectivity index (χ1n) is 6.10. The molecule has 18 heavy (non-hydrogen) atoms. The highest BCUT2D eigenvalue weighted by Crippen LogP contribution is 2.00. The predicted octanol–water partition coefficient (Wildman–Crippen LogP) is 1.56. The van der Waals surface area contributed by atoms with E-state index in [-0.39, 0.29) is 24.3 Å². The van der Waals surface area contributed by atoms with E-state index in [4.69, 9.17) is 4.42 Å². The molecule has 5 nitrogen and oxygen atoms in total. The van der Waals surface area contributed by atoms with Gasteiger partial charge in [-0.3, -0.25) is 9.59 Å². The van der Waals surface area contributed by atoms with E-state index < -0.39 is 0 Å². The second-order valence-corrected chi connectivity index (χ2v) is 4.62. The largest absolute Gasteiger partial charge is 0.472 e. The summed E-state index contributed by atoms with van der Waals surface area (Å²) in [5, 5.41) is 5.54. The number of furan rings is 1. The zero-order valence-electron chi connectivity index (χ0n) is 11.0. The molecule has 0 fully saturated rings. The Balaban J connectivity index is 2.22. The number of hydrogen-bond donors (Lipinski definition) is 2. The number of rotatable bonds is 6. The second kappa shape index (κ2) is 6.83. The molecule has 1 heterocycles. The van der Waals surface area contributed by atoms with E-state index in [1.54, 1.807) is 6.07 Å². The SMILES string of the molecule is CC(C)C(C)NC(=O)CCNC(=O)c1ccoc1. The maximum atomic E-state index is 11.5. The van der Waals surface area contributed by atoms with Crippen LogP contribution in [0.15, 0.2) is 23.0 Å². The Labute approximate surface area is 107 Å². The van der Waals surface area contributed by atoms with Crippen LogP contribution in [0.1, 0.15) is 37.6 Å². The number of nitrogens with one attached hydrogen (secondary N) is 2. The van der Waals surface area contributed by atoms with E-state index in [0.717, 1.165) is 0 Å². The Morgan fingerprint density at radius 3 is 2.61 bits per heavy atom. The van der Waals surface area contributed by atoms with E-state index in [0.29, 0.717) is 18.0 Å². The van der Waals surface area contributed by atoms with Gasteiger partial charge in [0.05, 0.1) is 11.8 Å². The van der Waals surface area contributed by atoms with Crippen molar-refractivity contribution in [1.29, 1.82) is 0 Å². The third kappa shape index (κ3) is 4.61. The van der Waals surface area contributed by atoms with Gasteiger partial charge in [-0.2, -0.15) is 0 Å². The fraction of sp³-hybridized carbons (Fsp3) is 0.538. The lowest BCUT2D eigenvalue weighted by Crippen LogP contribution is -2.38. The molecule has 100 valence electrons. The molecule has 0 aliphatic rings. The molecule has 0 saturated carbocycles. The Morgan fingerprint density at radius 2 is 2.06 bits per heavy atom. The average molecular weight is 252 g/mol. The Morgan fingerprint density at radius 1 is 1.33 bits per heavy atom. The summed E-state index contributed by atoms with van der Waals surface area (Å²) in [6.45, 7) is 6.38. The van der Waals surface area contributed by atoms with E-state index in [9.17, 15) is 9.59 Å². The molecule has 0 saturated heterocycles. The quantitative estimate of drug-likeness (QED) is 0.807. The number of carbonyl (C=O) groups excluding carboxylic acids is 2. The second-order valence-electron chi connectivity index (χ2n) is 4.62. The predicted molar refractivity (Wildman–Crippen MR) is 68.1 cm³/mol. The summed E-state index contributed by atoms with van der Waals surface area (Å²) < 4.78 is 4.80. The fourth-order valence-electron chi connectivity index (χ4n) is 1.28. The summed E-state index contributed by atoms with van der Waals surface area (Å²) in [6.07, 6.45) is 3.09. The van der Waals surface area contributed by atoms with Gasteiger partial charge in [0.25, 0.3) is 5.91 Å². The van der Waals surface area contributed by atoms with Gasteiger partial charge in [-0.25, -0.2) is 0 Å². The first kappa shape index (κ1) is 14.3. The van der Waals surface area contributed by atoms with Crippen molar-refractivity contribution in [2.75, 3.05) is 6.54 Å². The molecule has 0 aromatic carbocycles. The van der Waals surface area contributed by atoms with Crippen LogP contribution in [0.2, 0.25) is 0 Å². The first-order valence-corrected chi connectivity index (χ1v) is 6.10. The highest BCUT2D eigenvalue weighted by atomic mass is 16.3. The van der Waals surface area contributed by atoms with Gasteiger partial charge in [-0.05, 0) is 18.9 Å². The van der Waals surface area contributed by atoms with Crippen LogP contribution in [-0.4, -0.2) is 24.4 Å². The van der Waals surface area contributed by atoms with Crippen molar-refractivity contribution in [2.45, 2.75) is 33.2 Å². The van der Waals surface area contributed by atoms with E-state index in [1.165, 1.54) is 12.5 Å². The van der Waals surface area contributed by atoms with Gasteiger partial charge < -0.3 is 15.1 Å². The molecule has 1 atom stereocenters. The number of amides is 2. The molecule has 0 spiro atoms. The van der Waals surface area contributed by atoms with Gasteiger partial charge in [0.1, 0.15) is 6.26 Å². The fourth-order valence-corrected chi connectivity index (χ4v) is 1.28. The normalized spacial score (nSPS) is 12.2. The van der Waals surface area contributed by atoms with Gasteiger partial charge in [0.15, 0.2) is 0 Å². The van der Waals surface area contributed by atoms with Crippen LogP contribution < -0.4 is 10.6 Å². The molecule has 1 aromatic rings. The summed E-state index contributed by atoms with van der Waals surface area (Å²) >= 11 is 0. The van der Waals surface area contributed by atoms with Crippen molar-refractivity contribution in [3.63, 3.8) is 0 Å². The molecule has 5 heteroatoms. The summed E-state index contributed by atoms with van der Waals surface area (Å²) in [5.74, 6) is 0.117. The Hall–Kier alpha value is -1.78. The van der Waals surface area contributed by atoms with Crippen LogP contribution in [0.3, 0.4) is 0 Å². The zero-order valence-corrected chi connectivity index (χ0v) is 11.0. The van der Waals surface area contributed by atoms with Gasteiger partial charge in [0, 0.05) is 19.0 Å². The zero-order chi connectivity index (χ0) is 13.5. The van der Waals surface area contributed by atoms with Crippen molar-refractivity contribution < 1.29 is 14.0 Å². The van der Waals surface area contributed by atoms with Crippen LogP contribution in [0.4, 0.5) is 0 Å². The number of hydrogen-bond acceptors (Lipinski definition) is 3. The Kier molecular flexibility index (Phi) is 5.42. The van der Waals surface area contributed by atoms with Crippen molar-refractivity contribution in [3.05, 3.63) is 24.2 Å². The third-order valence-corrected chi connectivity index (χ3v) is 2.81. The summed E-state index contributed by atoms with van der Waals surface area (Å²) in [6, 6.07) is 1.72. The molecule has 2 amide bonds. The standard InChI is InChI=1S/C13H20N2O3/c1-9(2)10(3)15-12(16)4-6-14-13(17)11-5-7-18-8-11/h5,7-10H,4,6H2,1-3H3,(H,14,17)(H,15,16). The smallest absolute Gasteiger partial charge is 0.254 e. The van der Waals surface area contributed by atoms with Crippen molar-refractivity contribution >= 4 is 11.8 Å². The van der Waals surface area contributed by atoms with Crippen LogP contribution in [0.5, 0.6) is 0 Å². The van der Waals surface area contributed by atoms with E-state index >= 15 is 0 Å². The minimum atomic E-state index is -0.228. The van der Waals surface area contributed by atoms with Crippen LogP contribution in [-0.2, 0) is 4.79 Å². The van der Waals surface area contributed by atoms with Crippen molar-refractivity contribution in [1.82, 2.24) is 10.6 Å². The molecule has 1 rings (SSSR count). The van der Waals surface area contributed by atoms with Gasteiger partial charge in [-0.1, -0.05) is 13.8 Å². The van der Waals surface area contributed by atoms with Crippen molar-refractivity contribution in [2.24, 2.45) is 5.92 Å². The lowest BCUT2D eigenvalue weighted by atomic mass is 10.1. The molecule has 1 unspecified atom stereocenters. The van der Waals surface area contributed by atoms with Gasteiger partial charge >= 0.3 is 0 Å². The van der Waals surface area contributed by atoms with E-state index in [2.05, 4.69) is 10.6 Å². The van der Waals surface area contributed by atoms with E-state index in [1.807, 2.05) is 20.8 Å². The molecule has 0 aliphatic carbocycles. The van der Waals surface area contributed by atoms with Crippen LogP contribution in [0.25, 0.3) is 0 Å². The van der Waals surface area contributed by atoms with Crippen LogP contribution in [0, 0.1) is 5.92 Å². The molecule has 1 aromatic heterocycles. The maximum Gasteiger partial charge on any atom is 0.254 e. The van der Waals surface area contributed by atoms with Crippen molar-refractivity contribution in [3.8, 4) is 0 Å². The highest BCUT2D eigenvalue weighted by Gasteiger charge is 2.11. The monoisotopic (exact) mass is 252 g/mol. The molecular weight excluding hydrogens is 232 g/mol. The molecule has 0 radical (unpaired) electrons. The maximum absolute atomic E-state index is 11.5.